The fraction of sp³-hybridized carbons (Fsp3) is 1.00. The van der Waals surface area contributed by atoms with Crippen LogP contribution in [0.1, 0.15) is 51.9 Å². The van der Waals surface area contributed by atoms with Crippen molar-refractivity contribution in [3.8, 4) is 0 Å². The predicted molar refractivity (Wildman–Crippen MR) is 60.7 cm³/mol. The van der Waals surface area contributed by atoms with E-state index in [0.717, 1.165) is 12.3 Å². The molecule has 2 aliphatic rings. The third kappa shape index (κ3) is 2.94. The van der Waals surface area contributed by atoms with Crippen molar-refractivity contribution in [2.75, 3.05) is 6.61 Å². The summed E-state index contributed by atoms with van der Waals surface area (Å²) < 4.78 is 5.84. The first kappa shape index (κ1) is 11.4. The van der Waals surface area contributed by atoms with E-state index in [1.54, 1.807) is 0 Å². The smallest absolute Gasteiger partial charge is 0.0583 e. The predicted octanol–water partition coefficient (Wildman–Crippen LogP) is 2.74. The van der Waals surface area contributed by atoms with Crippen molar-refractivity contribution in [1.29, 1.82) is 0 Å². The molecular formula is C13H24O2. The molecule has 0 spiro atoms. The molecule has 1 aliphatic carbocycles. The average Bonchev–Trinajstić information content (AvgIpc) is 2.85. The van der Waals surface area contributed by atoms with E-state index in [4.69, 9.17) is 4.74 Å². The fourth-order valence-electron chi connectivity index (χ4n) is 3.24. The summed E-state index contributed by atoms with van der Waals surface area (Å²) in [6.07, 6.45) is 9.74. The number of rotatable bonds is 4. The van der Waals surface area contributed by atoms with Crippen LogP contribution >= 0.6 is 0 Å². The van der Waals surface area contributed by atoms with Gasteiger partial charge in [-0.2, -0.15) is 0 Å². The molecule has 3 unspecified atom stereocenters. The Balaban J connectivity index is 1.79. The Kier molecular flexibility index (Phi) is 4.04. The van der Waals surface area contributed by atoms with Crippen molar-refractivity contribution in [1.82, 2.24) is 0 Å². The second kappa shape index (κ2) is 5.31. The van der Waals surface area contributed by atoms with Gasteiger partial charge in [-0.1, -0.05) is 25.7 Å². The molecule has 0 aromatic rings. The van der Waals surface area contributed by atoms with Gasteiger partial charge in [0.05, 0.1) is 12.2 Å². The van der Waals surface area contributed by atoms with Gasteiger partial charge < -0.3 is 9.84 Å². The van der Waals surface area contributed by atoms with E-state index in [1.807, 2.05) is 0 Å². The van der Waals surface area contributed by atoms with Crippen LogP contribution in [-0.4, -0.2) is 23.9 Å². The van der Waals surface area contributed by atoms with Crippen molar-refractivity contribution < 1.29 is 9.84 Å². The van der Waals surface area contributed by atoms with Gasteiger partial charge >= 0.3 is 0 Å². The lowest BCUT2D eigenvalue weighted by molar-refractivity contribution is 0.0244. The van der Waals surface area contributed by atoms with Crippen molar-refractivity contribution >= 4 is 0 Å². The van der Waals surface area contributed by atoms with Crippen LogP contribution < -0.4 is 0 Å². The SMILES string of the molecule is CC1CCC(CC(CO)C2CCCC2)O1. The number of aliphatic hydroxyl groups excluding tert-OH is 1. The first-order chi connectivity index (χ1) is 7.29. The van der Waals surface area contributed by atoms with E-state index in [-0.39, 0.29) is 0 Å². The topological polar surface area (TPSA) is 29.5 Å². The number of aliphatic hydroxyl groups is 1. The summed E-state index contributed by atoms with van der Waals surface area (Å²) in [5, 5.41) is 9.46. The molecule has 1 saturated heterocycles. The number of hydrogen-bond donors (Lipinski definition) is 1. The number of hydrogen-bond acceptors (Lipinski definition) is 2. The second-order valence-electron chi connectivity index (χ2n) is 5.37. The van der Waals surface area contributed by atoms with Gasteiger partial charge in [0.2, 0.25) is 0 Å². The summed E-state index contributed by atoms with van der Waals surface area (Å²) in [4.78, 5) is 0. The van der Waals surface area contributed by atoms with E-state index in [0.29, 0.717) is 24.7 Å². The maximum absolute atomic E-state index is 9.46. The lowest BCUT2D eigenvalue weighted by Crippen LogP contribution is -2.22. The Bertz CT molecular complexity index is 187. The molecule has 0 amide bonds. The molecule has 0 bridgehead atoms. The molecular weight excluding hydrogens is 188 g/mol. The molecule has 2 nitrogen and oxygen atoms in total. The van der Waals surface area contributed by atoms with E-state index in [1.165, 1.54) is 38.5 Å². The normalized spacial score (nSPS) is 34.8. The summed E-state index contributed by atoms with van der Waals surface area (Å²) in [5.41, 5.74) is 0. The van der Waals surface area contributed by atoms with Crippen LogP contribution in [0.5, 0.6) is 0 Å². The molecule has 1 N–H and O–H groups in total. The molecule has 2 fully saturated rings. The van der Waals surface area contributed by atoms with Crippen molar-refractivity contribution in [2.24, 2.45) is 11.8 Å². The van der Waals surface area contributed by atoms with Gasteiger partial charge in [0.1, 0.15) is 0 Å². The van der Waals surface area contributed by atoms with Gasteiger partial charge in [-0.15, -0.1) is 0 Å². The van der Waals surface area contributed by atoms with Crippen LogP contribution in [0.15, 0.2) is 0 Å². The molecule has 3 atom stereocenters. The van der Waals surface area contributed by atoms with Crippen molar-refractivity contribution in [3.05, 3.63) is 0 Å². The standard InChI is InChI=1S/C13H24O2/c1-10-6-7-13(15-10)8-12(9-14)11-4-2-3-5-11/h10-14H,2-9H2,1H3. The lowest BCUT2D eigenvalue weighted by Gasteiger charge is -2.24. The fourth-order valence-corrected chi connectivity index (χ4v) is 3.24. The average molecular weight is 212 g/mol. The maximum Gasteiger partial charge on any atom is 0.0583 e. The van der Waals surface area contributed by atoms with E-state index in [9.17, 15) is 5.11 Å². The van der Waals surface area contributed by atoms with Crippen molar-refractivity contribution in [2.45, 2.75) is 64.1 Å². The van der Waals surface area contributed by atoms with Crippen LogP contribution in [0.25, 0.3) is 0 Å². The minimum atomic E-state index is 0.360. The highest BCUT2D eigenvalue weighted by Gasteiger charge is 2.30. The summed E-state index contributed by atoms with van der Waals surface area (Å²) in [6.45, 7) is 2.52. The van der Waals surface area contributed by atoms with E-state index >= 15 is 0 Å². The number of ether oxygens (including phenoxy) is 1. The Hall–Kier alpha value is -0.0800. The second-order valence-corrected chi connectivity index (χ2v) is 5.37. The quantitative estimate of drug-likeness (QED) is 0.776. The molecule has 2 heteroatoms. The molecule has 15 heavy (non-hydrogen) atoms. The van der Waals surface area contributed by atoms with Crippen LogP contribution in [-0.2, 0) is 4.74 Å². The Morgan fingerprint density at radius 2 is 1.93 bits per heavy atom. The molecule has 0 aromatic carbocycles. The molecule has 0 radical (unpaired) electrons. The molecule has 0 aromatic heterocycles. The highest BCUT2D eigenvalue weighted by atomic mass is 16.5. The van der Waals surface area contributed by atoms with Crippen molar-refractivity contribution in [3.63, 3.8) is 0 Å². The Labute approximate surface area is 93.0 Å². The maximum atomic E-state index is 9.46. The minimum Gasteiger partial charge on any atom is -0.396 e. The summed E-state index contributed by atoms with van der Waals surface area (Å²) in [7, 11) is 0. The van der Waals surface area contributed by atoms with Crippen LogP contribution in [0.4, 0.5) is 0 Å². The minimum absolute atomic E-state index is 0.360. The third-order valence-corrected chi connectivity index (χ3v) is 4.19. The Morgan fingerprint density at radius 3 is 2.47 bits per heavy atom. The van der Waals surface area contributed by atoms with Gasteiger partial charge in [-0.05, 0) is 38.0 Å². The zero-order valence-electron chi connectivity index (χ0n) is 9.82. The third-order valence-electron chi connectivity index (χ3n) is 4.19. The van der Waals surface area contributed by atoms with Gasteiger partial charge in [-0.3, -0.25) is 0 Å². The zero-order chi connectivity index (χ0) is 10.7. The summed E-state index contributed by atoms with van der Waals surface area (Å²) >= 11 is 0. The zero-order valence-corrected chi connectivity index (χ0v) is 9.82. The van der Waals surface area contributed by atoms with Gasteiger partial charge in [0.25, 0.3) is 0 Å². The summed E-state index contributed by atoms with van der Waals surface area (Å²) in [6, 6.07) is 0. The molecule has 2 rings (SSSR count). The Morgan fingerprint density at radius 1 is 1.20 bits per heavy atom. The van der Waals surface area contributed by atoms with Gasteiger partial charge in [-0.25, -0.2) is 0 Å². The van der Waals surface area contributed by atoms with E-state index in [2.05, 4.69) is 6.92 Å². The van der Waals surface area contributed by atoms with Crippen LogP contribution in [0.3, 0.4) is 0 Å². The molecule has 1 heterocycles. The summed E-state index contributed by atoms with van der Waals surface area (Å²) in [5.74, 6) is 1.28. The first-order valence-corrected chi connectivity index (χ1v) is 6.56. The van der Waals surface area contributed by atoms with Crippen LogP contribution in [0.2, 0.25) is 0 Å². The van der Waals surface area contributed by atoms with Gasteiger partial charge in [0.15, 0.2) is 0 Å². The highest BCUT2D eigenvalue weighted by molar-refractivity contribution is 4.80. The first-order valence-electron chi connectivity index (χ1n) is 6.56. The largest absolute Gasteiger partial charge is 0.396 e. The lowest BCUT2D eigenvalue weighted by atomic mass is 9.86. The molecule has 1 aliphatic heterocycles. The van der Waals surface area contributed by atoms with Crippen LogP contribution in [0, 0.1) is 11.8 Å². The highest BCUT2D eigenvalue weighted by Crippen LogP contribution is 2.35. The molecule has 88 valence electrons. The van der Waals surface area contributed by atoms with Gasteiger partial charge in [0, 0.05) is 6.61 Å². The molecule has 1 saturated carbocycles. The monoisotopic (exact) mass is 212 g/mol. The van der Waals surface area contributed by atoms with E-state index < -0.39 is 0 Å².